The zero-order valence-electron chi connectivity index (χ0n) is 21.7. The van der Waals surface area contributed by atoms with Gasteiger partial charge in [0.15, 0.2) is 16.6 Å². The van der Waals surface area contributed by atoms with Crippen LogP contribution in [0.5, 0.6) is 0 Å². The number of alkyl halides is 3. The van der Waals surface area contributed by atoms with Gasteiger partial charge in [0.05, 0.1) is 16.7 Å². The molecule has 0 radical (unpaired) electrons. The summed E-state index contributed by atoms with van der Waals surface area (Å²) in [7, 11) is 0. The Balaban J connectivity index is 1.41. The molecule has 1 saturated heterocycles. The van der Waals surface area contributed by atoms with Crippen LogP contribution in [-0.4, -0.2) is 57.2 Å². The largest absolute Gasteiger partial charge is 0.390 e. The maximum Gasteiger partial charge on any atom is 0.198 e. The molecule has 1 heterocycles. The van der Waals surface area contributed by atoms with E-state index in [-0.39, 0.29) is 46.4 Å². The predicted molar refractivity (Wildman–Crippen MR) is 145 cm³/mol. The predicted octanol–water partition coefficient (Wildman–Crippen LogP) is 5.49. The van der Waals surface area contributed by atoms with E-state index >= 15 is 8.78 Å². The number of hydrogen-bond acceptors (Lipinski definition) is 5. The van der Waals surface area contributed by atoms with Gasteiger partial charge in [0.2, 0.25) is 0 Å². The summed E-state index contributed by atoms with van der Waals surface area (Å²) in [5, 5.41) is 11.8. The quantitative estimate of drug-likeness (QED) is 0.493. The SMILES string of the molecule is C[C@]12C=CC(=O)C=C1[C@@H](F)C[C@H]1[C@@H]3C[C@H]4CN(Cc5ccccc5)C[C@@]4(C(=O)SCCl)[C@@]3(C)C[C@H](O)[C@@]12F. The van der Waals surface area contributed by atoms with Gasteiger partial charge in [-0.05, 0) is 66.7 Å². The van der Waals surface area contributed by atoms with Crippen molar-refractivity contribution in [1.82, 2.24) is 4.90 Å². The number of rotatable bonds is 4. The van der Waals surface area contributed by atoms with E-state index in [1.807, 2.05) is 25.1 Å². The van der Waals surface area contributed by atoms with Crippen LogP contribution in [0.1, 0.15) is 38.7 Å². The summed E-state index contributed by atoms with van der Waals surface area (Å²) in [6.45, 7) is 5.55. The molecule has 0 unspecified atom stereocenters. The third kappa shape index (κ3) is 3.34. The number of aliphatic hydroxyl groups excluding tert-OH is 1. The number of ketones is 1. The van der Waals surface area contributed by atoms with Crippen molar-refractivity contribution >= 4 is 34.3 Å². The van der Waals surface area contributed by atoms with E-state index in [1.165, 1.54) is 18.2 Å². The Morgan fingerprint density at radius 3 is 2.66 bits per heavy atom. The first kappa shape index (κ1) is 26.7. The molecule has 8 heteroatoms. The van der Waals surface area contributed by atoms with Gasteiger partial charge in [0, 0.05) is 31.0 Å². The summed E-state index contributed by atoms with van der Waals surface area (Å²) in [6, 6.07) is 10.1. The lowest BCUT2D eigenvalue weighted by atomic mass is 9.43. The fraction of sp³-hybridized carbons (Fsp3) is 0.600. The molecule has 6 rings (SSSR count). The summed E-state index contributed by atoms with van der Waals surface area (Å²) in [4.78, 5) is 28.4. The molecule has 0 spiro atoms. The number of fused-ring (bicyclic) bond motifs is 7. The molecule has 4 aliphatic carbocycles. The average molecular weight is 562 g/mol. The number of likely N-dealkylation sites (tertiary alicyclic amines) is 1. The molecule has 0 bridgehead atoms. The summed E-state index contributed by atoms with van der Waals surface area (Å²) in [5.74, 6) is -1.44. The van der Waals surface area contributed by atoms with E-state index in [9.17, 15) is 14.7 Å². The Kier molecular flexibility index (Phi) is 6.31. The van der Waals surface area contributed by atoms with Crippen molar-refractivity contribution in [3.63, 3.8) is 0 Å². The molecular formula is C30H34ClF2NO3S. The van der Waals surface area contributed by atoms with Gasteiger partial charge in [-0.15, -0.1) is 11.6 Å². The molecule has 0 amide bonds. The summed E-state index contributed by atoms with van der Waals surface area (Å²) < 4.78 is 33.3. The second-order valence-electron chi connectivity index (χ2n) is 12.5. The molecule has 204 valence electrons. The molecule has 0 aromatic heterocycles. The van der Waals surface area contributed by atoms with Gasteiger partial charge in [0.25, 0.3) is 0 Å². The van der Waals surface area contributed by atoms with Gasteiger partial charge in [-0.1, -0.05) is 55.1 Å². The number of allylic oxidation sites excluding steroid dienone is 4. The topological polar surface area (TPSA) is 57.6 Å². The van der Waals surface area contributed by atoms with E-state index in [4.69, 9.17) is 11.6 Å². The van der Waals surface area contributed by atoms with Crippen molar-refractivity contribution in [1.29, 1.82) is 0 Å². The lowest BCUT2D eigenvalue weighted by Gasteiger charge is -2.63. The Bertz CT molecular complexity index is 1230. The lowest BCUT2D eigenvalue weighted by Crippen LogP contribution is -2.69. The van der Waals surface area contributed by atoms with Gasteiger partial charge in [-0.25, -0.2) is 8.78 Å². The number of nitrogens with zero attached hydrogens (tertiary/aromatic N) is 1. The highest BCUT2D eigenvalue weighted by Crippen LogP contribution is 2.75. The maximum atomic E-state index is 17.5. The van der Waals surface area contributed by atoms with Crippen molar-refractivity contribution in [3.8, 4) is 0 Å². The third-order valence-corrected chi connectivity index (χ3v) is 12.1. The third-order valence-electron chi connectivity index (χ3n) is 11.0. The second kappa shape index (κ2) is 8.98. The van der Waals surface area contributed by atoms with E-state index in [1.54, 1.807) is 6.92 Å². The van der Waals surface area contributed by atoms with Crippen LogP contribution in [-0.2, 0) is 16.1 Å². The summed E-state index contributed by atoms with van der Waals surface area (Å²) in [6.07, 6.45) is 1.72. The van der Waals surface area contributed by atoms with Crippen LogP contribution in [0.2, 0.25) is 0 Å². The molecular weight excluding hydrogens is 528 g/mol. The minimum Gasteiger partial charge on any atom is -0.390 e. The van der Waals surface area contributed by atoms with Gasteiger partial charge in [-0.3, -0.25) is 14.5 Å². The van der Waals surface area contributed by atoms with Gasteiger partial charge in [0.1, 0.15) is 6.17 Å². The molecule has 1 aromatic carbocycles. The first-order valence-electron chi connectivity index (χ1n) is 13.5. The Labute approximate surface area is 231 Å². The van der Waals surface area contributed by atoms with E-state index < -0.39 is 40.1 Å². The van der Waals surface area contributed by atoms with Crippen molar-refractivity contribution in [2.45, 2.75) is 57.6 Å². The van der Waals surface area contributed by atoms with Gasteiger partial charge < -0.3 is 5.11 Å². The fourth-order valence-electron chi connectivity index (χ4n) is 9.35. The van der Waals surface area contributed by atoms with Crippen molar-refractivity contribution in [3.05, 3.63) is 59.7 Å². The highest BCUT2D eigenvalue weighted by atomic mass is 35.5. The molecule has 4 nitrogen and oxygen atoms in total. The lowest BCUT2D eigenvalue weighted by molar-refractivity contribution is -0.210. The van der Waals surface area contributed by atoms with Crippen LogP contribution in [0.3, 0.4) is 0 Å². The number of hydrogen-bond donors (Lipinski definition) is 1. The number of thioether (sulfide) groups is 1. The zero-order chi connectivity index (χ0) is 27.1. The summed E-state index contributed by atoms with van der Waals surface area (Å²) in [5.41, 5.74) is -3.79. The number of benzene rings is 1. The molecule has 1 aliphatic heterocycles. The Hall–Kier alpha value is -1.54. The van der Waals surface area contributed by atoms with E-state index in [2.05, 4.69) is 17.0 Å². The molecule has 4 fully saturated rings. The molecule has 1 N–H and O–H groups in total. The minimum atomic E-state index is -2.13. The molecule has 9 atom stereocenters. The maximum absolute atomic E-state index is 17.5. The normalized spacial score (nSPS) is 45.7. The smallest absolute Gasteiger partial charge is 0.198 e. The first-order valence-corrected chi connectivity index (χ1v) is 15.0. The van der Waals surface area contributed by atoms with Crippen LogP contribution in [0.15, 0.2) is 54.1 Å². The molecule has 38 heavy (non-hydrogen) atoms. The van der Waals surface area contributed by atoms with Crippen LogP contribution in [0.4, 0.5) is 8.78 Å². The number of halogens is 3. The molecule has 1 aromatic rings. The highest BCUT2D eigenvalue weighted by Gasteiger charge is 2.78. The fourth-order valence-corrected chi connectivity index (χ4v) is 10.5. The van der Waals surface area contributed by atoms with E-state index in [0.29, 0.717) is 26.1 Å². The minimum absolute atomic E-state index is 0.000756. The molecule has 3 saturated carbocycles. The van der Waals surface area contributed by atoms with E-state index in [0.717, 1.165) is 17.3 Å². The van der Waals surface area contributed by atoms with Crippen LogP contribution in [0.25, 0.3) is 0 Å². The monoisotopic (exact) mass is 561 g/mol. The van der Waals surface area contributed by atoms with Crippen molar-refractivity contribution in [2.24, 2.45) is 34.0 Å². The average Bonchev–Trinajstić information content (AvgIpc) is 3.35. The first-order chi connectivity index (χ1) is 18.0. The number of aliphatic hydroxyl groups is 1. The van der Waals surface area contributed by atoms with Gasteiger partial charge in [-0.2, -0.15) is 0 Å². The van der Waals surface area contributed by atoms with Gasteiger partial charge >= 0.3 is 0 Å². The van der Waals surface area contributed by atoms with Crippen molar-refractivity contribution < 1.29 is 23.5 Å². The van der Waals surface area contributed by atoms with Crippen LogP contribution < -0.4 is 0 Å². The second-order valence-corrected chi connectivity index (χ2v) is 14.0. The highest BCUT2D eigenvalue weighted by molar-refractivity contribution is 8.14. The van der Waals surface area contributed by atoms with Crippen LogP contribution in [0, 0.1) is 34.0 Å². The molecule has 5 aliphatic rings. The zero-order valence-corrected chi connectivity index (χ0v) is 23.3. The standard InChI is InChI=1S/C30H34ClF2NO3S/c1-27-9-8-20(35)11-23(27)24(32)12-22-21-10-19-15-34(14-18-6-4-3-5-7-18)16-29(19,26(37)38-17-31)28(21,2)13-25(36)30(22,27)33/h3-9,11,19,21-22,24-25,36H,10,12-17H2,1-2H3/t19-,21-,22-,24-,25-,27-,28-,29+,30-/m0/s1. The van der Waals surface area contributed by atoms with Crippen LogP contribution >= 0.6 is 23.4 Å². The Morgan fingerprint density at radius 2 is 1.95 bits per heavy atom. The Morgan fingerprint density at radius 1 is 1.21 bits per heavy atom. The number of carbonyl (C=O) groups excluding carboxylic acids is 2. The number of carbonyl (C=O) groups is 2. The summed E-state index contributed by atoms with van der Waals surface area (Å²) >= 11 is 7.16. The van der Waals surface area contributed by atoms with Crippen molar-refractivity contribution in [2.75, 3.05) is 18.3 Å².